The summed E-state index contributed by atoms with van der Waals surface area (Å²) >= 11 is 0. The molecular weight excluding hydrogens is 362 g/mol. The Labute approximate surface area is 157 Å². The number of carbonyl (C=O) groups is 1. The van der Waals surface area contributed by atoms with Gasteiger partial charge in [0.25, 0.3) is 0 Å². The van der Waals surface area contributed by atoms with E-state index in [4.69, 9.17) is 5.14 Å². The number of primary sulfonamides is 1. The van der Waals surface area contributed by atoms with Crippen molar-refractivity contribution in [2.75, 3.05) is 6.54 Å². The Balaban J connectivity index is 1.56. The number of nitrogens with zero attached hydrogens (tertiary/aromatic N) is 1. The first-order valence-corrected chi connectivity index (χ1v) is 9.89. The number of sulfonamides is 1. The second-order valence-electron chi connectivity index (χ2n) is 5.99. The summed E-state index contributed by atoms with van der Waals surface area (Å²) in [5.74, 6) is -0.205. The molecule has 3 aromatic rings. The summed E-state index contributed by atoms with van der Waals surface area (Å²) < 4.78 is 22.5. The molecule has 2 aromatic carbocycles. The van der Waals surface area contributed by atoms with E-state index in [-0.39, 0.29) is 10.8 Å². The van der Waals surface area contributed by atoms with Crippen molar-refractivity contribution in [3.8, 4) is 0 Å². The third-order valence-electron chi connectivity index (χ3n) is 4.04. The number of aromatic nitrogens is 1. The van der Waals surface area contributed by atoms with Gasteiger partial charge in [-0.3, -0.25) is 9.78 Å². The molecule has 0 aliphatic rings. The van der Waals surface area contributed by atoms with Gasteiger partial charge in [-0.05, 0) is 36.3 Å². The highest BCUT2D eigenvalue weighted by molar-refractivity contribution is 7.89. The van der Waals surface area contributed by atoms with E-state index in [2.05, 4.69) is 10.3 Å². The van der Waals surface area contributed by atoms with Crippen LogP contribution in [-0.2, 0) is 21.2 Å². The number of carbonyl (C=O) groups excluding carboxylic acids is 1. The van der Waals surface area contributed by atoms with Crippen molar-refractivity contribution in [1.82, 2.24) is 10.3 Å². The number of benzene rings is 2. The molecule has 1 amide bonds. The maximum absolute atomic E-state index is 12.0. The molecule has 0 fully saturated rings. The molecule has 0 bridgehead atoms. The lowest BCUT2D eigenvalue weighted by Crippen LogP contribution is -2.23. The summed E-state index contributed by atoms with van der Waals surface area (Å²) in [6.07, 6.45) is 5.53. The van der Waals surface area contributed by atoms with Gasteiger partial charge in [0.15, 0.2) is 0 Å². The predicted octanol–water partition coefficient (Wildman–Crippen LogP) is 2.25. The number of rotatable bonds is 6. The monoisotopic (exact) mass is 381 g/mol. The molecule has 1 heterocycles. The number of fused-ring (bicyclic) bond motifs is 1. The zero-order valence-corrected chi connectivity index (χ0v) is 15.3. The van der Waals surface area contributed by atoms with Gasteiger partial charge >= 0.3 is 0 Å². The topological polar surface area (TPSA) is 102 Å². The average Bonchev–Trinajstić information content (AvgIpc) is 2.66. The molecule has 0 saturated heterocycles. The van der Waals surface area contributed by atoms with Gasteiger partial charge in [-0.1, -0.05) is 36.4 Å². The average molecular weight is 381 g/mol. The zero-order valence-electron chi connectivity index (χ0n) is 14.5. The fourth-order valence-electron chi connectivity index (χ4n) is 2.66. The number of nitrogens with one attached hydrogen (secondary N) is 1. The van der Waals surface area contributed by atoms with Crippen LogP contribution in [0.25, 0.3) is 17.0 Å². The van der Waals surface area contributed by atoms with Crippen LogP contribution in [0.1, 0.15) is 11.1 Å². The second kappa shape index (κ2) is 8.11. The van der Waals surface area contributed by atoms with Gasteiger partial charge in [-0.2, -0.15) is 0 Å². The summed E-state index contributed by atoms with van der Waals surface area (Å²) in [6.45, 7) is 0.436. The Morgan fingerprint density at radius 2 is 1.81 bits per heavy atom. The number of nitrogens with two attached hydrogens (primary N) is 1. The molecule has 0 aliphatic heterocycles. The number of hydrogen-bond acceptors (Lipinski definition) is 4. The Morgan fingerprint density at radius 3 is 2.56 bits per heavy atom. The summed E-state index contributed by atoms with van der Waals surface area (Å²) in [5.41, 5.74) is 2.63. The van der Waals surface area contributed by atoms with Crippen LogP contribution in [0.4, 0.5) is 0 Å². The fourth-order valence-corrected chi connectivity index (χ4v) is 3.18. The van der Waals surface area contributed by atoms with Crippen molar-refractivity contribution in [1.29, 1.82) is 0 Å². The van der Waals surface area contributed by atoms with Crippen LogP contribution in [-0.4, -0.2) is 25.9 Å². The first kappa shape index (κ1) is 18.8. The minimum atomic E-state index is -3.69. The number of para-hydroxylation sites is 1. The molecular formula is C20H19N3O3S. The van der Waals surface area contributed by atoms with Crippen LogP contribution < -0.4 is 10.5 Å². The molecule has 0 spiro atoms. The Kier molecular flexibility index (Phi) is 5.63. The smallest absolute Gasteiger partial charge is 0.244 e. The van der Waals surface area contributed by atoms with Crippen molar-refractivity contribution in [2.45, 2.75) is 11.3 Å². The molecule has 0 atom stereocenters. The number of amides is 1. The molecule has 7 heteroatoms. The highest BCUT2D eigenvalue weighted by Gasteiger charge is 2.06. The van der Waals surface area contributed by atoms with E-state index in [1.807, 2.05) is 30.3 Å². The molecule has 3 rings (SSSR count). The molecule has 3 N–H and O–H groups in total. The summed E-state index contributed by atoms with van der Waals surface area (Å²) in [5, 5.41) is 8.89. The van der Waals surface area contributed by atoms with Crippen molar-refractivity contribution in [2.24, 2.45) is 5.14 Å². The van der Waals surface area contributed by atoms with Crippen molar-refractivity contribution >= 4 is 32.9 Å². The summed E-state index contributed by atoms with van der Waals surface area (Å²) in [6, 6.07) is 15.9. The quantitative estimate of drug-likeness (QED) is 0.639. The minimum absolute atomic E-state index is 0.0712. The van der Waals surface area contributed by atoms with E-state index in [1.165, 1.54) is 18.2 Å². The van der Waals surface area contributed by atoms with E-state index in [0.717, 1.165) is 22.0 Å². The van der Waals surface area contributed by atoms with Crippen molar-refractivity contribution in [3.63, 3.8) is 0 Å². The van der Waals surface area contributed by atoms with Gasteiger partial charge in [0.2, 0.25) is 15.9 Å². The number of hydrogen-bond donors (Lipinski definition) is 2. The van der Waals surface area contributed by atoms with Crippen LogP contribution >= 0.6 is 0 Å². The minimum Gasteiger partial charge on any atom is -0.352 e. The Hall–Kier alpha value is -3.03. The number of pyridine rings is 1. The van der Waals surface area contributed by atoms with Crippen LogP contribution in [0.3, 0.4) is 0 Å². The molecule has 0 unspecified atom stereocenters. The molecule has 0 aliphatic carbocycles. The fraction of sp³-hybridized carbons (Fsp3) is 0.100. The lowest BCUT2D eigenvalue weighted by Gasteiger charge is -2.04. The van der Waals surface area contributed by atoms with Crippen molar-refractivity contribution in [3.05, 3.63) is 78.0 Å². The zero-order chi connectivity index (χ0) is 19.3. The second-order valence-corrected chi connectivity index (χ2v) is 7.55. The Bertz CT molecular complexity index is 1090. The third-order valence-corrected chi connectivity index (χ3v) is 4.97. The standard InChI is InChI=1S/C20H19N3O3S/c21-27(25,26)18-9-6-15(7-10-18)12-14-22-19(24)11-8-17-4-1-3-16-5-2-13-23-20(16)17/h1-11,13H,12,14H2,(H,22,24)(H2,21,25,26)/b11-8+. The van der Waals surface area contributed by atoms with Gasteiger partial charge in [0.1, 0.15) is 0 Å². The molecule has 0 saturated carbocycles. The molecule has 6 nitrogen and oxygen atoms in total. The van der Waals surface area contributed by atoms with Gasteiger partial charge in [0, 0.05) is 29.8 Å². The van der Waals surface area contributed by atoms with Crippen LogP contribution in [0.15, 0.2) is 71.8 Å². The summed E-state index contributed by atoms with van der Waals surface area (Å²) in [4.78, 5) is 16.4. The molecule has 1 aromatic heterocycles. The maximum Gasteiger partial charge on any atom is 0.244 e. The lowest BCUT2D eigenvalue weighted by molar-refractivity contribution is -0.116. The van der Waals surface area contributed by atoms with E-state index in [9.17, 15) is 13.2 Å². The van der Waals surface area contributed by atoms with Crippen LogP contribution in [0, 0.1) is 0 Å². The van der Waals surface area contributed by atoms with Gasteiger partial charge in [-0.15, -0.1) is 0 Å². The predicted molar refractivity (Wildman–Crippen MR) is 105 cm³/mol. The van der Waals surface area contributed by atoms with E-state index < -0.39 is 10.0 Å². The SMILES string of the molecule is NS(=O)(=O)c1ccc(CCNC(=O)/C=C/c2cccc3cccnc23)cc1. The largest absolute Gasteiger partial charge is 0.352 e. The maximum atomic E-state index is 12.0. The van der Waals surface area contributed by atoms with Gasteiger partial charge < -0.3 is 5.32 Å². The van der Waals surface area contributed by atoms with Crippen LogP contribution in [0.5, 0.6) is 0 Å². The molecule has 0 radical (unpaired) electrons. The van der Waals surface area contributed by atoms with E-state index in [1.54, 1.807) is 24.4 Å². The van der Waals surface area contributed by atoms with Gasteiger partial charge in [-0.25, -0.2) is 13.6 Å². The van der Waals surface area contributed by atoms with E-state index in [0.29, 0.717) is 13.0 Å². The third kappa shape index (κ3) is 4.99. The van der Waals surface area contributed by atoms with Crippen LogP contribution in [0.2, 0.25) is 0 Å². The highest BCUT2D eigenvalue weighted by atomic mass is 32.2. The molecule has 27 heavy (non-hydrogen) atoms. The van der Waals surface area contributed by atoms with Crippen molar-refractivity contribution < 1.29 is 13.2 Å². The first-order chi connectivity index (χ1) is 12.9. The highest BCUT2D eigenvalue weighted by Crippen LogP contribution is 2.17. The Morgan fingerprint density at radius 1 is 1.07 bits per heavy atom. The summed E-state index contributed by atoms with van der Waals surface area (Å²) in [7, 11) is -3.69. The normalized spacial score (nSPS) is 11.7. The van der Waals surface area contributed by atoms with E-state index >= 15 is 0 Å². The molecule has 138 valence electrons. The first-order valence-electron chi connectivity index (χ1n) is 8.35. The van der Waals surface area contributed by atoms with Gasteiger partial charge in [0.05, 0.1) is 10.4 Å². The lowest BCUT2D eigenvalue weighted by atomic mass is 10.1.